The fraction of sp³-hybridized carbons (Fsp3) is 0. The van der Waals surface area contributed by atoms with Crippen LogP contribution in [0.4, 0.5) is 0 Å². The van der Waals surface area contributed by atoms with Crippen LogP contribution in [-0.2, 0) is 10.0 Å². The first-order chi connectivity index (χ1) is 8.97. The number of hydrogen-bond acceptors (Lipinski definition) is 5. The van der Waals surface area contributed by atoms with E-state index >= 15 is 0 Å². The molecule has 0 aliphatic carbocycles. The van der Waals surface area contributed by atoms with Crippen LogP contribution in [0.25, 0.3) is 16.2 Å². The second kappa shape index (κ2) is 4.51. The number of imidazole rings is 1. The minimum Gasteiger partial charge on any atom is -0.225 e. The van der Waals surface area contributed by atoms with Crippen molar-refractivity contribution >= 4 is 48.9 Å². The third kappa shape index (κ3) is 2.26. The summed E-state index contributed by atoms with van der Waals surface area (Å²) in [4.78, 5) is 4.66. The Morgan fingerprint density at radius 3 is 2.74 bits per heavy atom. The van der Waals surface area contributed by atoms with Gasteiger partial charge in [0.1, 0.15) is 0 Å². The quantitative estimate of drug-likeness (QED) is 0.657. The van der Waals surface area contributed by atoms with E-state index in [1.165, 1.54) is 4.52 Å². The number of aromatic nitrogens is 3. The molecule has 0 fully saturated rings. The molecule has 9 heteroatoms. The lowest BCUT2D eigenvalue weighted by molar-refractivity contribution is 0.595. The van der Waals surface area contributed by atoms with E-state index in [-0.39, 0.29) is 4.34 Å². The highest BCUT2D eigenvalue weighted by atomic mass is 127. The topological polar surface area (TPSA) is 90.4 Å². The van der Waals surface area contributed by atoms with Crippen molar-refractivity contribution in [2.24, 2.45) is 5.14 Å². The van der Waals surface area contributed by atoms with Gasteiger partial charge in [-0.15, -0.1) is 5.10 Å². The molecular weight excluding hydrogens is 399 g/mol. The van der Waals surface area contributed by atoms with Gasteiger partial charge in [-0.25, -0.2) is 23.1 Å². The van der Waals surface area contributed by atoms with Crippen LogP contribution in [0.5, 0.6) is 0 Å². The molecule has 0 saturated heterocycles. The Morgan fingerprint density at radius 1 is 1.32 bits per heavy atom. The van der Waals surface area contributed by atoms with E-state index in [1.54, 1.807) is 6.20 Å². The molecule has 0 amide bonds. The zero-order valence-electron chi connectivity index (χ0n) is 9.32. The summed E-state index contributed by atoms with van der Waals surface area (Å²) in [7, 11) is -3.80. The molecule has 0 radical (unpaired) electrons. The normalized spacial score (nSPS) is 12.1. The van der Waals surface area contributed by atoms with Gasteiger partial charge in [-0.3, -0.25) is 0 Å². The molecule has 19 heavy (non-hydrogen) atoms. The lowest BCUT2D eigenvalue weighted by atomic mass is 10.2. The zero-order valence-corrected chi connectivity index (χ0v) is 13.1. The number of sulfonamides is 1. The standard InChI is InChI=1S/C10H7IN4O2S2/c11-7-4-2-1-3-6(7)8-5-13-9-15(8)14-10(18-9)19(12,16)17/h1-5H,(H2,12,16,17). The van der Waals surface area contributed by atoms with Crippen LogP contribution in [0.3, 0.4) is 0 Å². The highest BCUT2D eigenvalue weighted by molar-refractivity contribution is 14.1. The van der Waals surface area contributed by atoms with Crippen LogP contribution in [-0.4, -0.2) is 23.0 Å². The summed E-state index contributed by atoms with van der Waals surface area (Å²) in [6.07, 6.45) is 1.67. The monoisotopic (exact) mass is 406 g/mol. The van der Waals surface area contributed by atoms with Gasteiger partial charge < -0.3 is 0 Å². The first-order valence-electron chi connectivity index (χ1n) is 5.09. The fourth-order valence-electron chi connectivity index (χ4n) is 1.64. The molecule has 2 aromatic heterocycles. The molecule has 2 heterocycles. The highest BCUT2D eigenvalue weighted by Crippen LogP contribution is 2.28. The predicted molar refractivity (Wildman–Crippen MR) is 80.4 cm³/mol. The number of primary sulfonamides is 1. The molecule has 0 aliphatic heterocycles. The summed E-state index contributed by atoms with van der Waals surface area (Å²) in [6, 6.07) is 7.73. The second-order valence-electron chi connectivity index (χ2n) is 3.73. The van der Waals surface area contributed by atoms with Crippen molar-refractivity contribution < 1.29 is 8.42 Å². The Bertz CT molecular complexity index is 869. The molecule has 3 aromatic rings. The first-order valence-corrected chi connectivity index (χ1v) is 8.53. The van der Waals surface area contributed by atoms with Crippen molar-refractivity contribution in [2.45, 2.75) is 4.34 Å². The number of nitrogens with zero attached hydrogens (tertiary/aromatic N) is 3. The lowest BCUT2D eigenvalue weighted by Crippen LogP contribution is -2.12. The fourth-order valence-corrected chi connectivity index (χ4v) is 3.80. The van der Waals surface area contributed by atoms with E-state index in [2.05, 4.69) is 32.7 Å². The van der Waals surface area contributed by atoms with Crippen molar-refractivity contribution in [1.29, 1.82) is 0 Å². The van der Waals surface area contributed by atoms with Gasteiger partial charge in [0.25, 0.3) is 10.0 Å². The molecule has 2 N–H and O–H groups in total. The van der Waals surface area contributed by atoms with E-state index in [4.69, 9.17) is 5.14 Å². The average Bonchev–Trinajstić information content (AvgIpc) is 2.88. The maximum absolute atomic E-state index is 11.3. The van der Waals surface area contributed by atoms with E-state index in [0.717, 1.165) is 26.2 Å². The Labute approximate surface area is 126 Å². The van der Waals surface area contributed by atoms with Crippen LogP contribution in [0.2, 0.25) is 0 Å². The molecule has 98 valence electrons. The van der Waals surface area contributed by atoms with Crippen LogP contribution in [0, 0.1) is 3.57 Å². The van der Waals surface area contributed by atoms with Crippen LogP contribution in [0.1, 0.15) is 0 Å². The van der Waals surface area contributed by atoms with Crippen molar-refractivity contribution in [2.75, 3.05) is 0 Å². The molecule has 0 aliphatic rings. The SMILES string of the molecule is NS(=O)(=O)c1nn2c(-c3ccccc3I)cnc2s1. The smallest absolute Gasteiger partial charge is 0.225 e. The van der Waals surface area contributed by atoms with Crippen molar-refractivity contribution in [3.05, 3.63) is 34.0 Å². The van der Waals surface area contributed by atoms with Gasteiger partial charge in [0.15, 0.2) is 0 Å². The van der Waals surface area contributed by atoms with Crippen molar-refractivity contribution in [1.82, 2.24) is 14.6 Å². The molecule has 0 saturated carbocycles. The second-order valence-corrected chi connectivity index (χ2v) is 7.58. The maximum Gasteiger partial charge on any atom is 0.267 e. The summed E-state index contributed by atoms with van der Waals surface area (Å²) >= 11 is 3.16. The van der Waals surface area contributed by atoms with Gasteiger partial charge in [0, 0.05) is 9.13 Å². The van der Waals surface area contributed by atoms with Gasteiger partial charge in [0.05, 0.1) is 11.9 Å². The number of rotatable bonds is 2. The Morgan fingerprint density at radius 2 is 2.05 bits per heavy atom. The Balaban J connectivity index is 2.26. The molecular formula is C10H7IN4O2S2. The Hall–Kier alpha value is -1.04. The van der Waals surface area contributed by atoms with Gasteiger partial charge in [-0.1, -0.05) is 29.5 Å². The Kier molecular flexibility index (Phi) is 3.08. The lowest BCUT2D eigenvalue weighted by Gasteiger charge is -2.01. The minimum absolute atomic E-state index is 0.136. The van der Waals surface area contributed by atoms with Crippen LogP contribution in [0.15, 0.2) is 34.8 Å². The first kappa shape index (κ1) is 13.0. The molecule has 0 unspecified atom stereocenters. The van der Waals surface area contributed by atoms with Crippen LogP contribution >= 0.6 is 33.9 Å². The van der Waals surface area contributed by atoms with E-state index < -0.39 is 10.0 Å². The number of nitrogens with two attached hydrogens (primary N) is 1. The summed E-state index contributed by atoms with van der Waals surface area (Å²) < 4.78 is 25.0. The third-order valence-electron chi connectivity index (χ3n) is 2.46. The van der Waals surface area contributed by atoms with Gasteiger partial charge >= 0.3 is 0 Å². The summed E-state index contributed by atoms with van der Waals surface area (Å²) in [5.41, 5.74) is 1.69. The van der Waals surface area contributed by atoms with Gasteiger partial charge in [-0.2, -0.15) is 0 Å². The number of fused-ring (bicyclic) bond motifs is 1. The summed E-state index contributed by atoms with van der Waals surface area (Å²) in [6.45, 7) is 0. The van der Waals surface area contributed by atoms with E-state index in [9.17, 15) is 8.42 Å². The molecule has 3 rings (SSSR count). The molecule has 0 bridgehead atoms. The molecule has 0 spiro atoms. The van der Waals surface area contributed by atoms with Crippen LogP contribution < -0.4 is 5.14 Å². The zero-order chi connectivity index (χ0) is 13.6. The minimum atomic E-state index is -3.80. The summed E-state index contributed by atoms with van der Waals surface area (Å²) in [5, 5.41) is 9.09. The van der Waals surface area contributed by atoms with Gasteiger partial charge in [0.2, 0.25) is 9.30 Å². The summed E-state index contributed by atoms with van der Waals surface area (Å²) in [5.74, 6) is 0. The third-order valence-corrected chi connectivity index (χ3v) is 5.63. The maximum atomic E-state index is 11.3. The highest BCUT2D eigenvalue weighted by Gasteiger charge is 2.18. The number of halogens is 1. The van der Waals surface area contributed by atoms with Gasteiger partial charge in [-0.05, 0) is 28.7 Å². The molecule has 0 atom stereocenters. The number of benzene rings is 1. The number of hydrogen-bond donors (Lipinski definition) is 1. The predicted octanol–water partition coefficient (Wildman–Crippen LogP) is 1.71. The molecule has 1 aromatic carbocycles. The van der Waals surface area contributed by atoms with E-state index in [0.29, 0.717) is 4.96 Å². The largest absolute Gasteiger partial charge is 0.267 e. The van der Waals surface area contributed by atoms with E-state index in [1.807, 2.05) is 24.3 Å². The average molecular weight is 406 g/mol. The van der Waals surface area contributed by atoms with Crippen molar-refractivity contribution in [3.63, 3.8) is 0 Å². The van der Waals surface area contributed by atoms with Crippen molar-refractivity contribution in [3.8, 4) is 11.3 Å². The molecule has 6 nitrogen and oxygen atoms in total.